The third-order valence-electron chi connectivity index (χ3n) is 4.73. The van der Waals surface area contributed by atoms with Crippen LogP contribution < -0.4 is 11.3 Å². The number of unbranched alkanes of at least 4 members (excludes halogenated alkanes) is 8. The average molecular weight is 268 g/mol. The van der Waals surface area contributed by atoms with Crippen LogP contribution in [-0.2, 0) is 0 Å². The summed E-state index contributed by atoms with van der Waals surface area (Å²) in [5.74, 6) is 6.63. The van der Waals surface area contributed by atoms with Crippen molar-refractivity contribution >= 4 is 0 Å². The van der Waals surface area contributed by atoms with Gasteiger partial charge in [0.25, 0.3) is 0 Å². The van der Waals surface area contributed by atoms with Gasteiger partial charge in [0.2, 0.25) is 0 Å². The Hall–Kier alpha value is -0.0800. The third-order valence-corrected chi connectivity index (χ3v) is 4.73. The van der Waals surface area contributed by atoms with Crippen LogP contribution in [0.4, 0.5) is 0 Å². The monoisotopic (exact) mass is 268 g/mol. The van der Waals surface area contributed by atoms with E-state index in [4.69, 9.17) is 5.84 Å². The minimum atomic E-state index is 0.579. The lowest BCUT2D eigenvalue weighted by molar-refractivity contribution is 0.252. The van der Waals surface area contributed by atoms with Gasteiger partial charge in [-0.3, -0.25) is 11.3 Å². The molecule has 0 amide bonds. The maximum atomic E-state index is 5.66. The maximum Gasteiger partial charge on any atom is 0.0213 e. The predicted molar refractivity (Wildman–Crippen MR) is 84.9 cm³/mol. The molecular formula is C17H36N2. The second kappa shape index (κ2) is 11.7. The van der Waals surface area contributed by atoms with Crippen LogP contribution in [0.1, 0.15) is 96.8 Å². The van der Waals surface area contributed by atoms with E-state index in [1.165, 1.54) is 89.9 Å². The molecule has 1 atom stereocenters. The first-order chi connectivity index (χ1) is 9.36. The lowest BCUT2D eigenvalue weighted by Crippen LogP contribution is -2.37. The summed E-state index contributed by atoms with van der Waals surface area (Å²) >= 11 is 0. The Morgan fingerprint density at radius 3 is 2.00 bits per heavy atom. The van der Waals surface area contributed by atoms with Gasteiger partial charge in [0, 0.05) is 6.04 Å². The van der Waals surface area contributed by atoms with Crippen molar-refractivity contribution < 1.29 is 0 Å². The molecule has 19 heavy (non-hydrogen) atoms. The van der Waals surface area contributed by atoms with Crippen LogP contribution in [-0.4, -0.2) is 6.04 Å². The first-order valence-electron chi connectivity index (χ1n) is 8.83. The van der Waals surface area contributed by atoms with E-state index in [0.717, 1.165) is 5.92 Å². The van der Waals surface area contributed by atoms with E-state index >= 15 is 0 Å². The molecule has 0 radical (unpaired) electrons. The quantitative estimate of drug-likeness (QED) is 0.282. The molecule has 3 N–H and O–H groups in total. The van der Waals surface area contributed by atoms with Gasteiger partial charge in [-0.1, -0.05) is 84.0 Å². The average Bonchev–Trinajstić information content (AvgIpc) is 2.38. The summed E-state index contributed by atoms with van der Waals surface area (Å²) < 4.78 is 0. The minimum Gasteiger partial charge on any atom is -0.271 e. The molecule has 0 spiro atoms. The molecule has 1 saturated carbocycles. The molecule has 1 fully saturated rings. The number of nitrogens with two attached hydrogens (primary N) is 1. The summed E-state index contributed by atoms with van der Waals surface area (Å²) in [4.78, 5) is 0. The van der Waals surface area contributed by atoms with E-state index in [-0.39, 0.29) is 0 Å². The van der Waals surface area contributed by atoms with Gasteiger partial charge in [0.15, 0.2) is 0 Å². The smallest absolute Gasteiger partial charge is 0.0213 e. The van der Waals surface area contributed by atoms with E-state index in [9.17, 15) is 0 Å². The van der Waals surface area contributed by atoms with Crippen molar-refractivity contribution in [3.8, 4) is 0 Å². The van der Waals surface area contributed by atoms with Crippen molar-refractivity contribution in [3.63, 3.8) is 0 Å². The van der Waals surface area contributed by atoms with Gasteiger partial charge >= 0.3 is 0 Å². The molecule has 0 aromatic carbocycles. The largest absolute Gasteiger partial charge is 0.271 e. The molecule has 0 aromatic heterocycles. The van der Waals surface area contributed by atoms with Crippen molar-refractivity contribution in [3.05, 3.63) is 0 Å². The maximum absolute atomic E-state index is 5.66. The molecule has 0 heterocycles. The molecule has 2 heteroatoms. The highest BCUT2D eigenvalue weighted by molar-refractivity contribution is 4.76. The fourth-order valence-corrected chi connectivity index (χ4v) is 3.10. The van der Waals surface area contributed by atoms with E-state index in [1.807, 2.05) is 0 Å². The van der Waals surface area contributed by atoms with Gasteiger partial charge in [-0.15, -0.1) is 0 Å². The number of rotatable bonds is 13. The van der Waals surface area contributed by atoms with Crippen molar-refractivity contribution in [2.24, 2.45) is 11.8 Å². The fraction of sp³-hybridized carbons (Fsp3) is 1.00. The summed E-state index contributed by atoms with van der Waals surface area (Å²) in [5, 5.41) is 0. The Morgan fingerprint density at radius 1 is 0.947 bits per heavy atom. The number of hydrazine groups is 1. The summed E-state index contributed by atoms with van der Waals surface area (Å²) in [6.07, 6.45) is 19.6. The van der Waals surface area contributed by atoms with Crippen LogP contribution in [0.15, 0.2) is 0 Å². The van der Waals surface area contributed by atoms with Gasteiger partial charge in [-0.2, -0.15) is 0 Å². The molecule has 0 saturated heterocycles. The summed E-state index contributed by atoms with van der Waals surface area (Å²) in [5.41, 5.74) is 3.03. The normalized spacial score (nSPS) is 17.4. The van der Waals surface area contributed by atoms with Gasteiger partial charge in [0.05, 0.1) is 0 Å². The zero-order chi connectivity index (χ0) is 13.8. The van der Waals surface area contributed by atoms with Crippen molar-refractivity contribution in [1.82, 2.24) is 5.43 Å². The van der Waals surface area contributed by atoms with Gasteiger partial charge in [0.1, 0.15) is 0 Å². The molecule has 1 unspecified atom stereocenters. The van der Waals surface area contributed by atoms with E-state index in [0.29, 0.717) is 6.04 Å². The molecule has 1 aliphatic carbocycles. The standard InChI is InChI=1S/C17H36N2/c1-2-3-4-5-6-7-8-9-10-14-17(19-18)15-16-12-11-13-16/h16-17,19H,2-15,18H2,1H3. The topological polar surface area (TPSA) is 38.0 Å². The lowest BCUT2D eigenvalue weighted by Gasteiger charge is -2.29. The van der Waals surface area contributed by atoms with Crippen LogP contribution in [0.25, 0.3) is 0 Å². The van der Waals surface area contributed by atoms with E-state index in [1.54, 1.807) is 0 Å². The zero-order valence-electron chi connectivity index (χ0n) is 13.1. The van der Waals surface area contributed by atoms with Crippen LogP contribution in [0, 0.1) is 5.92 Å². The highest BCUT2D eigenvalue weighted by Crippen LogP contribution is 2.31. The van der Waals surface area contributed by atoms with Crippen LogP contribution in [0.2, 0.25) is 0 Å². The Bertz CT molecular complexity index is 190. The van der Waals surface area contributed by atoms with Crippen molar-refractivity contribution in [1.29, 1.82) is 0 Å². The molecule has 0 aliphatic heterocycles. The summed E-state index contributed by atoms with van der Waals surface area (Å²) in [6, 6.07) is 0.579. The van der Waals surface area contributed by atoms with Crippen molar-refractivity contribution in [2.45, 2.75) is 103 Å². The Kier molecular flexibility index (Phi) is 10.5. The molecular weight excluding hydrogens is 232 g/mol. The number of hydrogen-bond acceptors (Lipinski definition) is 2. The van der Waals surface area contributed by atoms with Crippen LogP contribution in [0.3, 0.4) is 0 Å². The SMILES string of the molecule is CCCCCCCCCCCC(CC1CCC1)NN. The van der Waals surface area contributed by atoms with Gasteiger partial charge in [-0.05, 0) is 18.8 Å². The lowest BCUT2D eigenvalue weighted by atomic mass is 9.80. The van der Waals surface area contributed by atoms with Crippen LogP contribution in [0.5, 0.6) is 0 Å². The number of nitrogens with one attached hydrogen (secondary N) is 1. The molecule has 114 valence electrons. The predicted octanol–water partition coefficient (Wildman–Crippen LogP) is 4.93. The molecule has 1 rings (SSSR count). The highest BCUT2D eigenvalue weighted by atomic mass is 15.2. The van der Waals surface area contributed by atoms with Gasteiger partial charge in [-0.25, -0.2) is 0 Å². The Morgan fingerprint density at radius 2 is 1.53 bits per heavy atom. The highest BCUT2D eigenvalue weighted by Gasteiger charge is 2.21. The van der Waals surface area contributed by atoms with Crippen LogP contribution >= 0.6 is 0 Å². The summed E-state index contributed by atoms with van der Waals surface area (Å²) in [6.45, 7) is 2.28. The molecule has 2 nitrogen and oxygen atoms in total. The second-order valence-electron chi connectivity index (χ2n) is 6.51. The first-order valence-corrected chi connectivity index (χ1v) is 8.83. The van der Waals surface area contributed by atoms with E-state index in [2.05, 4.69) is 12.3 Å². The van der Waals surface area contributed by atoms with Crippen molar-refractivity contribution in [2.75, 3.05) is 0 Å². The van der Waals surface area contributed by atoms with Gasteiger partial charge < -0.3 is 0 Å². The number of hydrogen-bond donors (Lipinski definition) is 2. The zero-order valence-corrected chi connectivity index (χ0v) is 13.1. The fourth-order valence-electron chi connectivity index (χ4n) is 3.10. The minimum absolute atomic E-state index is 0.579. The Labute approximate surface area is 120 Å². The molecule has 0 bridgehead atoms. The first kappa shape index (κ1) is 17.0. The van der Waals surface area contributed by atoms with E-state index < -0.39 is 0 Å². The third kappa shape index (κ3) is 8.65. The molecule has 1 aliphatic rings. The Balaban J connectivity index is 1.83. The summed E-state index contributed by atoms with van der Waals surface area (Å²) in [7, 11) is 0. The second-order valence-corrected chi connectivity index (χ2v) is 6.51. The molecule has 0 aromatic rings.